The first-order chi connectivity index (χ1) is 13.8. The average molecular weight is 417 g/mol. The summed E-state index contributed by atoms with van der Waals surface area (Å²) in [6, 6.07) is 0. The van der Waals surface area contributed by atoms with E-state index in [-0.39, 0.29) is 29.6 Å². The molecule has 0 N–H and O–H groups in total. The van der Waals surface area contributed by atoms with E-state index in [0.29, 0.717) is 5.57 Å². The normalized spacial score (nSPS) is 46.3. The number of ether oxygens (including phenoxy) is 4. The summed E-state index contributed by atoms with van der Waals surface area (Å²) in [5.41, 5.74) is 0.516. The third-order valence-electron chi connectivity index (χ3n) is 8.62. The number of ketones is 1. The zero-order valence-corrected chi connectivity index (χ0v) is 18.8. The molecule has 0 radical (unpaired) electrons. The number of hydrogen-bond acceptors (Lipinski definition) is 6. The lowest BCUT2D eigenvalue weighted by atomic mass is 9.48. The van der Waals surface area contributed by atoms with Crippen molar-refractivity contribution in [2.75, 3.05) is 0 Å². The Morgan fingerprint density at radius 1 is 1.03 bits per heavy atom. The predicted molar refractivity (Wildman–Crippen MR) is 109 cm³/mol. The summed E-state index contributed by atoms with van der Waals surface area (Å²) < 4.78 is 25.0. The molecule has 4 fully saturated rings. The van der Waals surface area contributed by atoms with Crippen molar-refractivity contribution in [3.05, 3.63) is 23.3 Å². The van der Waals surface area contributed by atoms with E-state index in [1.807, 2.05) is 34.6 Å². The largest absolute Gasteiger partial charge is 0.509 e. The van der Waals surface area contributed by atoms with E-state index in [0.717, 1.165) is 30.4 Å². The van der Waals surface area contributed by atoms with Crippen LogP contribution in [0.15, 0.2) is 23.3 Å². The molecule has 6 heteroatoms. The maximum atomic E-state index is 13.3. The molecule has 30 heavy (non-hydrogen) atoms. The van der Waals surface area contributed by atoms with Gasteiger partial charge in [0.1, 0.15) is 6.10 Å². The van der Waals surface area contributed by atoms with Crippen LogP contribution in [0.3, 0.4) is 0 Å². The standard InChI is InChI=1S/C24H32O6/c1-12-9-8-10-23(7)15(12)18-24(30-20(26)27-18)11-14(25)13(2)16(21(24,3)4)17-19(23)29-22(5,6)28-17/h15,17-19H,1,8-11H2,2-7H3/t15-,17+,18-,19-,23+,24+/m0/s1. The number of rotatable bonds is 0. The Labute approximate surface area is 178 Å². The quantitative estimate of drug-likeness (QED) is 0.429. The summed E-state index contributed by atoms with van der Waals surface area (Å²) in [5, 5.41) is 0. The molecule has 0 aromatic rings. The van der Waals surface area contributed by atoms with Gasteiger partial charge in [-0.2, -0.15) is 0 Å². The minimum absolute atomic E-state index is 0.0234. The van der Waals surface area contributed by atoms with Crippen LogP contribution in [0.1, 0.15) is 67.2 Å². The first kappa shape index (κ1) is 20.3. The van der Waals surface area contributed by atoms with Crippen LogP contribution in [0, 0.1) is 16.7 Å². The van der Waals surface area contributed by atoms with Crippen molar-refractivity contribution in [3.63, 3.8) is 0 Å². The van der Waals surface area contributed by atoms with E-state index in [1.165, 1.54) is 0 Å². The molecule has 2 bridgehead atoms. The Morgan fingerprint density at radius 2 is 1.73 bits per heavy atom. The molecule has 0 unspecified atom stereocenters. The number of carbonyl (C=O) groups excluding carboxylic acids is 2. The van der Waals surface area contributed by atoms with Gasteiger partial charge in [0.05, 0.1) is 12.5 Å². The van der Waals surface area contributed by atoms with Gasteiger partial charge < -0.3 is 18.9 Å². The lowest BCUT2D eigenvalue weighted by Gasteiger charge is -2.58. The topological polar surface area (TPSA) is 71.1 Å². The molecule has 0 aromatic carbocycles. The van der Waals surface area contributed by atoms with Gasteiger partial charge in [0, 0.05) is 16.7 Å². The van der Waals surface area contributed by atoms with Gasteiger partial charge in [-0.3, -0.25) is 4.79 Å². The summed E-state index contributed by atoms with van der Waals surface area (Å²) >= 11 is 0. The number of allylic oxidation sites excluding steroid dienone is 1. The minimum atomic E-state index is -1.08. The van der Waals surface area contributed by atoms with Gasteiger partial charge in [-0.1, -0.05) is 32.9 Å². The van der Waals surface area contributed by atoms with E-state index >= 15 is 0 Å². The molecule has 2 aliphatic heterocycles. The maximum Gasteiger partial charge on any atom is 0.509 e. The van der Waals surface area contributed by atoms with Gasteiger partial charge in [-0.15, -0.1) is 0 Å². The summed E-state index contributed by atoms with van der Waals surface area (Å²) in [5.74, 6) is -0.977. The Morgan fingerprint density at radius 3 is 2.43 bits per heavy atom. The summed E-state index contributed by atoms with van der Waals surface area (Å²) in [6.07, 6.45) is 0.926. The summed E-state index contributed by atoms with van der Waals surface area (Å²) in [6.45, 7) is 16.4. The smallest absolute Gasteiger partial charge is 0.426 e. The van der Waals surface area contributed by atoms with Crippen molar-refractivity contribution < 1.29 is 28.5 Å². The van der Waals surface area contributed by atoms with Gasteiger partial charge in [0.2, 0.25) is 0 Å². The fourth-order valence-corrected chi connectivity index (χ4v) is 7.20. The van der Waals surface area contributed by atoms with Crippen LogP contribution in [-0.2, 0) is 23.7 Å². The van der Waals surface area contributed by atoms with Crippen molar-refractivity contribution in [2.45, 2.75) is 96.9 Å². The van der Waals surface area contributed by atoms with Gasteiger partial charge in [0.25, 0.3) is 0 Å². The second kappa shape index (κ2) is 5.77. The van der Waals surface area contributed by atoms with E-state index in [9.17, 15) is 9.59 Å². The highest BCUT2D eigenvalue weighted by Gasteiger charge is 2.73. The van der Waals surface area contributed by atoms with Gasteiger partial charge >= 0.3 is 6.16 Å². The second-order valence-electron chi connectivity index (χ2n) is 11.0. The molecular formula is C24H32O6. The molecule has 5 aliphatic rings. The zero-order valence-electron chi connectivity index (χ0n) is 18.8. The van der Waals surface area contributed by atoms with Crippen LogP contribution in [0.4, 0.5) is 4.79 Å². The highest BCUT2D eigenvalue weighted by Crippen LogP contribution is 2.65. The number of hydrogen-bond donors (Lipinski definition) is 0. The molecule has 3 aliphatic carbocycles. The van der Waals surface area contributed by atoms with Crippen LogP contribution in [0.2, 0.25) is 0 Å². The Hall–Kier alpha value is -1.66. The summed E-state index contributed by atoms with van der Waals surface area (Å²) in [7, 11) is 0. The SMILES string of the molecule is C=C1CCC[C@@]2(C)[C@H]3OC(C)(C)O[C@@H]3C3=C(C)C(=O)C[C@]4(OC(=O)O[C@H]4[C@H]12)C3(C)C. The fourth-order valence-electron chi connectivity index (χ4n) is 7.20. The van der Waals surface area contributed by atoms with Crippen molar-refractivity contribution in [1.82, 2.24) is 0 Å². The van der Waals surface area contributed by atoms with E-state index < -0.39 is 35.2 Å². The van der Waals surface area contributed by atoms with E-state index in [1.54, 1.807) is 0 Å². The van der Waals surface area contributed by atoms with Gasteiger partial charge in [-0.05, 0) is 51.2 Å². The predicted octanol–water partition coefficient (Wildman–Crippen LogP) is 4.47. The molecule has 6 nitrogen and oxygen atoms in total. The Bertz CT molecular complexity index is 897. The number of fused-ring (bicyclic) bond motifs is 6. The van der Waals surface area contributed by atoms with E-state index in [2.05, 4.69) is 13.5 Å². The average Bonchev–Trinajstić information content (AvgIpc) is 3.10. The first-order valence-electron chi connectivity index (χ1n) is 11.0. The maximum absolute atomic E-state index is 13.3. The molecule has 0 amide bonds. The third kappa shape index (κ3) is 2.27. The minimum Gasteiger partial charge on any atom is -0.426 e. The third-order valence-corrected chi connectivity index (χ3v) is 8.62. The van der Waals surface area contributed by atoms with Crippen LogP contribution >= 0.6 is 0 Å². The highest BCUT2D eigenvalue weighted by molar-refractivity contribution is 5.98. The Balaban J connectivity index is 1.84. The number of carbonyl (C=O) groups is 2. The Kier molecular flexibility index (Phi) is 3.90. The van der Waals surface area contributed by atoms with Crippen LogP contribution in [0.5, 0.6) is 0 Å². The lowest BCUT2D eigenvalue weighted by Crippen LogP contribution is -2.67. The van der Waals surface area contributed by atoms with Gasteiger partial charge in [-0.25, -0.2) is 4.79 Å². The van der Waals surface area contributed by atoms with Crippen LogP contribution < -0.4 is 0 Å². The van der Waals surface area contributed by atoms with Crippen LogP contribution in [-0.4, -0.2) is 41.6 Å². The fraction of sp³-hybridized carbons (Fsp3) is 0.750. The van der Waals surface area contributed by atoms with E-state index in [4.69, 9.17) is 18.9 Å². The molecule has 0 aromatic heterocycles. The molecule has 1 spiro atoms. The van der Waals surface area contributed by atoms with Crippen LogP contribution in [0.25, 0.3) is 0 Å². The second-order valence-corrected chi connectivity index (χ2v) is 11.0. The highest BCUT2D eigenvalue weighted by atomic mass is 16.8. The molecule has 6 atom stereocenters. The molecular weight excluding hydrogens is 384 g/mol. The molecule has 5 rings (SSSR count). The number of Topliss-reactive ketones (excluding diaryl/α,β-unsaturated/α-hetero) is 1. The lowest BCUT2D eigenvalue weighted by molar-refractivity contribution is -0.170. The zero-order chi connectivity index (χ0) is 21.9. The molecule has 2 saturated carbocycles. The molecule has 164 valence electrons. The molecule has 2 heterocycles. The molecule has 2 saturated heterocycles. The van der Waals surface area contributed by atoms with Crippen molar-refractivity contribution in [3.8, 4) is 0 Å². The van der Waals surface area contributed by atoms with Gasteiger partial charge in [0.15, 0.2) is 23.3 Å². The van der Waals surface area contributed by atoms with Crippen molar-refractivity contribution in [1.29, 1.82) is 0 Å². The van der Waals surface area contributed by atoms with Crippen molar-refractivity contribution in [2.24, 2.45) is 16.7 Å². The first-order valence-corrected chi connectivity index (χ1v) is 11.0. The van der Waals surface area contributed by atoms with Crippen molar-refractivity contribution >= 4 is 11.9 Å². The summed E-state index contributed by atoms with van der Waals surface area (Å²) in [4.78, 5) is 25.8. The monoisotopic (exact) mass is 416 g/mol.